The second kappa shape index (κ2) is 6.44. The highest BCUT2D eigenvalue weighted by Gasteiger charge is 2.49. The summed E-state index contributed by atoms with van der Waals surface area (Å²) in [5, 5.41) is 14.9. The number of hydrogen-bond acceptors (Lipinski definition) is 6. The minimum Gasteiger partial charge on any atom is -0.319 e. The molecule has 0 saturated carbocycles. The number of carbonyl (C=O) groups is 3. The van der Waals surface area contributed by atoms with Gasteiger partial charge in [0.15, 0.2) is 0 Å². The highest BCUT2D eigenvalue weighted by molar-refractivity contribution is 7.13. The fraction of sp³-hybridized carbons (Fsp3) is 0.167. The summed E-state index contributed by atoms with van der Waals surface area (Å²) < 4.78 is 0. The monoisotopic (exact) mass is 381 g/mol. The van der Waals surface area contributed by atoms with Crippen molar-refractivity contribution in [2.45, 2.75) is 12.5 Å². The number of fused-ring (bicyclic) bond motifs is 1. The summed E-state index contributed by atoms with van der Waals surface area (Å²) in [6, 6.07) is 12.7. The minimum atomic E-state index is -1.23. The molecule has 1 fully saturated rings. The average Bonchev–Trinajstić information content (AvgIpc) is 3.24. The molecule has 8 nitrogen and oxygen atoms in total. The van der Waals surface area contributed by atoms with E-state index in [9.17, 15) is 14.4 Å². The van der Waals surface area contributed by atoms with Gasteiger partial charge in [0, 0.05) is 0 Å². The summed E-state index contributed by atoms with van der Waals surface area (Å²) in [6.45, 7) is 1.24. The minimum absolute atomic E-state index is 0.310. The molecule has 2 heterocycles. The van der Waals surface area contributed by atoms with E-state index in [4.69, 9.17) is 0 Å². The number of nitrogens with one attached hydrogen (secondary N) is 2. The summed E-state index contributed by atoms with van der Waals surface area (Å²) >= 11 is 1.15. The third-order valence-electron chi connectivity index (χ3n) is 4.51. The van der Waals surface area contributed by atoms with Gasteiger partial charge in [-0.05, 0) is 29.3 Å². The van der Waals surface area contributed by atoms with E-state index in [0.29, 0.717) is 10.7 Å². The van der Waals surface area contributed by atoms with Crippen LogP contribution in [0.1, 0.15) is 12.5 Å². The first-order valence-corrected chi connectivity index (χ1v) is 9.05. The van der Waals surface area contributed by atoms with Gasteiger partial charge in [0.2, 0.25) is 11.0 Å². The van der Waals surface area contributed by atoms with E-state index in [-0.39, 0.29) is 0 Å². The molecular formula is C18H15N5O3S. The van der Waals surface area contributed by atoms with Gasteiger partial charge in [-0.2, -0.15) is 0 Å². The topological polar surface area (TPSA) is 104 Å². The van der Waals surface area contributed by atoms with Crippen molar-refractivity contribution in [3.8, 4) is 0 Å². The van der Waals surface area contributed by atoms with E-state index < -0.39 is 29.9 Å². The van der Waals surface area contributed by atoms with Crippen LogP contribution in [0.4, 0.5) is 9.93 Å². The Balaban J connectivity index is 1.57. The average molecular weight is 381 g/mol. The van der Waals surface area contributed by atoms with E-state index >= 15 is 0 Å². The highest BCUT2D eigenvalue weighted by atomic mass is 32.1. The molecule has 1 aliphatic heterocycles. The van der Waals surface area contributed by atoms with Crippen LogP contribution < -0.4 is 10.6 Å². The zero-order chi connectivity index (χ0) is 19.0. The lowest BCUT2D eigenvalue weighted by atomic mass is 9.90. The lowest BCUT2D eigenvalue weighted by Crippen LogP contribution is -2.42. The predicted octanol–water partition coefficient (Wildman–Crippen LogP) is 2.10. The summed E-state index contributed by atoms with van der Waals surface area (Å²) in [7, 11) is 0. The number of benzene rings is 2. The molecule has 136 valence electrons. The normalized spacial score (nSPS) is 19.4. The van der Waals surface area contributed by atoms with Gasteiger partial charge in [-0.15, -0.1) is 10.2 Å². The fourth-order valence-electron chi connectivity index (χ4n) is 3.07. The third-order valence-corrected chi connectivity index (χ3v) is 5.12. The molecule has 2 aromatic carbocycles. The number of anilines is 1. The largest absolute Gasteiger partial charge is 0.325 e. The van der Waals surface area contributed by atoms with E-state index in [0.717, 1.165) is 27.0 Å². The van der Waals surface area contributed by atoms with Crippen LogP contribution in [0, 0.1) is 0 Å². The van der Waals surface area contributed by atoms with Crippen LogP contribution in [0.3, 0.4) is 0 Å². The van der Waals surface area contributed by atoms with Gasteiger partial charge in [-0.25, -0.2) is 4.79 Å². The quantitative estimate of drug-likeness (QED) is 0.674. The molecule has 0 bridgehead atoms. The first-order valence-electron chi connectivity index (χ1n) is 8.17. The number of urea groups is 1. The Kier molecular flexibility index (Phi) is 4.08. The van der Waals surface area contributed by atoms with Crippen molar-refractivity contribution in [2.24, 2.45) is 0 Å². The molecule has 3 aromatic rings. The van der Waals surface area contributed by atoms with Crippen molar-refractivity contribution < 1.29 is 14.4 Å². The second-order valence-corrected chi connectivity index (χ2v) is 7.13. The van der Waals surface area contributed by atoms with E-state index in [1.165, 1.54) is 5.51 Å². The fourth-order valence-corrected chi connectivity index (χ4v) is 3.53. The SMILES string of the molecule is C[C@@]1(c2ccc3ccccc3c2)NC(=O)N(CC(=O)Nc2nncs2)C1=O. The van der Waals surface area contributed by atoms with E-state index in [1.54, 1.807) is 6.92 Å². The molecule has 0 unspecified atom stereocenters. The molecule has 1 aliphatic rings. The molecule has 0 radical (unpaired) electrons. The number of rotatable bonds is 4. The van der Waals surface area contributed by atoms with Crippen molar-refractivity contribution >= 4 is 45.1 Å². The predicted molar refractivity (Wildman–Crippen MR) is 100 cm³/mol. The van der Waals surface area contributed by atoms with Gasteiger partial charge in [-0.1, -0.05) is 47.7 Å². The number of nitrogens with zero attached hydrogens (tertiary/aromatic N) is 3. The highest BCUT2D eigenvalue weighted by Crippen LogP contribution is 2.31. The van der Waals surface area contributed by atoms with Crippen molar-refractivity contribution in [1.82, 2.24) is 20.4 Å². The van der Waals surface area contributed by atoms with Crippen LogP contribution in [0.25, 0.3) is 10.8 Å². The van der Waals surface area contributed by atoms with Crippen molar-refractivity contribution in [2.75, 3.05) is 11.9 Å². The van der Waals surface area contributed by atoms with Gasteiger partial charge in [0.05, 0.1) is 0 Å². The molecule has 9 heteroatoms. The van der Waals surface area contributed by atoms with Crippen molar-refractivity contribution in [3.05, 3.63) is 53.5 Å². The standard InChI is InChI=1S/C18H15N5O3S/c1-18(13-7-6-11-4-2-3-5-12(11)8-13)15(25)23(17(26)21-18)9-14(24)20-16-22-19-10-27-16/h2-8,10H,9H2,1H3,(H,21,26)(H,20,22,24)/t18-/m0/s1. The van der Waals surface area contributed by atoms with Gasteiger partial charge in [0.1, 0.15) is 17.6 Å². The summed E-state index contributed by atoms with van der Waals surface area (Å²) in [4.78, 5) is 38.4. The van der Waals surface area contributed by atoms with Gasteiger partial charge >= 0.3 is 6.03 Å². The summed E-state index contributed by atoms with van der Waals surface area (Å²) in [5.41, 5.74) is 0.899. The van der Waals surface area contributed by atoms with Gasteiger partial charge < -0.3 is 5.32 Å². The molecule has 0 spiro atoms. The molecule has 1 aromatic heterocycles. The van der Waals surface area contributed by atoms with Crippen LogP contribution in [-0.4, -0.2) is 39.5 Å². The van der Waals surface area contributed by atoms with Gasteiger partial charge in [-0.3, -0.25) is 19.8 Å². The van der Waals surface area contributed by atoms with Gasteiger partial charge in [0.25, 0.3) is 5.91 Å². The first kappa shape index (κ1) is 17.1. The Morgan fingerprint density at radius 1 is 1.22 bits per heavy atom. The Morgan fingerprint density at radius 2 is 2.00 bits per heavy atom. The number of amides is 4. The molecule has 4 amide bonds. The molecule has 1 saturated heterocycles. The maximum absolute atomic E-state index is 12.9. The lowest BCUT2D eigenvalue weighted by Gasteiger charge is -2.22. The second-order valence-electron chi connectivity index (χ2n) is 6.30. The van der Waals surface area contributed by atoms with Crippen LogP contribution in [0.15, 0.2) is 48.0 Å². The Bertz CT molecular complexity index is 1050. The number of carbonyl (C=O) groups excluding carboxylic acids is 3. The van der Waals surface area contributed by atoms with Crippen molar-refractivity contribution in [1.29, 1.82) is 0 Å². The molecule has 0 aliphatic carbocycles. The Hall–Kier alpha value is -3.33. The van der Waals surface area contributed by atoms with Crippen molar-refractivity contribution in [3.63, 3.8) is 0 Å². The lowest BCUT2D eigenvalue weighted by molar-refractivity contribution is -0.133. The first-order chi connectivity index (χ1) is 13.0. The summed E-state index contributed by atoms with van der Waals surface area (Å²) in [5.74, 6) is -0.992. The number of aromatic nitrogens is 2. The van der Waals surface area contributed by atoms with Crippen LogP contribution in [0.2, 0.25) is 0 Å². The van der Waals surface area contributed by atoms with Crippen LogP contribution >= 0.6 is 11.3 Å². The third kappa shape index (κ3) is 3.02. The molecular weight excluding hydrogens is 366 g/mol. The molecule has 27 heavy (non-hydrogen) atoms. The summed E-state index contributed by atoms with van der Waals surface area (Å²) in [6.07, 6.45) is 0. The maximum Gasteiger partial charge on any atom is 0.325 e. The molecule has 1 atom stereocenters. The number of imide groups is 1. The van der Waals surface area contributed by atoms with E-state index in [2.05, 4.69) is 20.8 Å². The molecule has 2 N–H and O–H groups in total. The molecule has 4 rings (SSSR count). The van der Waals surface area contributed by atoms with Crippen LogP contribution in [0.5, 0.6) is 0 Å². The smallest absolute Gasteiger partial charge is 0.319 e. The zero-order valence-electron chi connectivity index (χ0n) is 14.3. The Morgan fingerprint density at radius 3 is 2.74 bits per heavy atom. The maximum atomic E-state index is 12.9. The number of hydrogen-bond donors (Lipinski definition) is 2. The Labute approximate surface area is 158 Å². The van der Waals surface area contributed by atoms with Crippen LogP contribution in [-0.2, 0) is 15.1 Å². The van der Waals surface area contributed by atoms with E-state index in [1.807, 2.05) is 42.5 Å². The zero-order valence-corrected chi connectivity index (χ0v) is 15.1.